The van der Waals surface area contributed by atoms with Crippen LogP contribution >= 0.6 is 0 Å². The van der Waals surface area contributed by atoms with E-state index in [-0.39, 0.29) is 5.82 Å². The molecule has 0 aliphatic carbocycles. The lowest BCUT2D eigenvalue weighted by Gasteiger charge is -2.29. The van der Waals surface area contributed by atoms with Crippen LogP contribution in [0.25, 0.3) is 0 Å². The van der Waals surface area contributed by atoms with Crippen molar-refractivity contribution in [1.29, 1.82) is 0 Å². The molecule has 0 saturated carbocycles. The Labute approximate surface area is 97.9 Å². The maximum atomic E-state index is 13.7. The molecule has 1 atom stereocenters. The van der Waals surface area contributed by atoms with Crippen LogP contribution in [0.1, 0.15) is 45.6 Å². The highest BCUT2D eigenvalue weighted by Crippen LogP contribution is 2.30. The van der Waals surface area contributed by atoms with Crippen LogP contribution in [-0.4, -0.2) is 0 Å². The lowest BCUT2D eigenvalue weighted by Crippen LogP contribution is -2.36. The van der Waals surface area contributed by atoms with Gasteiger partial charge in [-0.05, 0) is 25.3 Å². The average Bonchev–Trinajstić information content (AvgIpc) is 2.26. The Morgan fingerprint density at radius 3 is 2.31 bits per heavy atom. The maximum absolute atomic E-state index is 13.7. The van der Waals surface area contributed by atoms with E-state index in [0.717, 1.165) is 19.3 Å². The van der Waals surface area contributed by atoms with E-state index in [1.54, 1.807) is 12.1 Å². The van der Waals surface area contributed by atoms with Crippen molar-refractivity contribution < 1.29 is 4.39 Å². The molecule has 1 aromatic carbocycles. The number of hydrogen-bond acceptors (Lipinski definition) is 1. The molecule has 2 heteroatoms. The quantitative estimate of drug-likeness (QED) is 0.806. The molecule has 1 nitrogen and oxygen atoms in total. The summed E-state index contributed by atoms with van der Waals surface area (Å²) in [6, 6.07) is 6.81. The van der Waals surface area contributed by atoms with Crippen molar-refractivity contribution in [2.75, 3.05) is 0 Å². The molecule has 0 bridgehead atoms. The predicted molar refractivity (Wildman–Crippen MR) is 66.6 cm³/mol. The van der Waals surface area contributed by atoms with Crippen LogP contribution in [-0.2, 0) is 5.54 Å². The molecule has 0 aromatic heterocycles. The van der Waals surface area contributed by atoms with Gasteiger partial charge in [-0.1, -0.05) is 44.9 Å². The minimum Gasteiger partial charge on any atom is -0.322 e. The number of benzene rings is 1. The third kappa shape index (κ3) is 3.05. The zero-order valence-electron chi connectivity index (χ0n) is 10.5. The number of rotatable bonds is 5. The van der Waals surface area contributed by atoms with Crippen molar-refractivity contribution in [2.24, 2.45) is 11.7 Å². The van der Waals surface area contributed by atoms with E-state index in [1.807, 2.05) is 13.0 Å². The fourth-order valence-corrected chi connectivity index (χ4v) is 2.21. The molecule has 90 valence electrons. The van der Waals surface area contributed by atoms with Crippen LogP contribution < -0.4 is 5.73 Å². The summed E-state index contributed by atoms with van der Waals surface area (Å²) in [5, 5.41) is 0. The molecule has 0 amide bonds. The Kier molecular flexibility index (Phi) is 4.48. The fraction of sp³-hybridized carbons (Fsp3) is 0.571. The van der Waals surface area contributed by atoms with E-state index in [1.165, 1.54) is 6.07 Å². The van der Waals surface area contributed by atoms with Crippen LogP contribution in [0.15, 0.2) is 24.3 Å². The molecule has 1 unspecified atom stereocenters. The van der Waals surface area contributed by atoms with E-state index in [0.29, 0.717) is 11.5 Å². The number of halogens is 1. The van der Waals surface area contributed by atoms with E-state index in [2.05, 4.69) is 13.8 Å². The summed E-state index contributed by atoms with van der Waals surface area (Å²) in [7, 11) is 0. The van der Waals surface area contributed by atoms with Gasteiger partial charge in [-0.15, -0.1) is 0 Å². The van der Waals surface area contributed by atoms with Gasteiger partial charge in [-0.25, -0.2) is 4.39 Å². The lowest BCUT2D eigenvalue weighted by atomic mass is 9.81. The van der Waals surface area contributed by atoms with E-state index in [4.69, 9.17) is 5.73 Å². The second-order valence-electron chi connectivity index (χ2n) is 4.78. The molecule has 16 heavy (non-hydrogen) atoms. The van der Waals surface area contributed by atoms with Gasteiger partial charge in [-0.3, -0.25) is 0 Å². The zero-order chi connectivity index (χ0) is 12.2. The Morgan fingerprint density at radius 2 is 1.81 bits per heavy atom. The molecular formula is C14H22FN. The molecule has 0 aliphatic heterocycles. The second-order valence-corrected chi connectivity index (χ2v) is 4.78. The van der Waals surface area contributed by atoms with Crippen LogP contribution in [0.4, 0.5) is 4.39 Å². The smallest absolute Gasteiger partial charge is 0.128 e. The molecule has 0 aliphatic rings. The van der Waals surface area contributed by atoms with Crippen molar-refractivity contribution in [1.82, 2.24) is 0 Å². The highest BCUT2D eigenvalue weighted by atomic mass is 19.1. The summed E-state index contributed by atoms with van der Waals surface area (Å²) in [4.78, 5) is 0. The van der Waals surface area contributed by atoms with Crippen LogP contribution in [0.5, 0.6) is 0 Å². The summed E-state index contributed by atoms with van der Waals surface area (Å²) >= 11 is 0. The largest absolute Gasteiger partial charge is 0.322 e. The number of nitrogens with two attached hydrogens (primary N) is 1. The fourth-order valence-electron chi connectivity index (χ4n) is 2.21. The van der Waals surface area contributed by atoms with Gasteiger partial charge in [0.05, 0.1) is 0 Å². The van der Waals surface area contributed by atoms with Gasteiger partial charge in [0.1, 0.15) is 5.82 Å². The molecular weight excluding hydrogens is 201 g/mol. The normalized spacial score (nSPS) is 15.1. The molecule has 0 radical (unpaired) electrons. The minimum atomic E-state index is -0.567. The van der Waals surface area contributed by atoms with Crippen molar-refractivity contribution in [3.05, 3.63) is 35.6 Å². The Bertz CT molecular complexity index is 329. The van der Waals surface area contributed by atoms with Crippen LogP contribution in [0, 0.1) is 11.7 Å². The first-order valence-electron chi connectivity index (χ1n) is 6.05. The third-order valence-corrected chi connectivity index (χ3v) is 3.36. The SMILES string of the molecule is CCC(CC)CC(C)(N)c1ccccc1F. The predicted octanol–water partition coefficient (Wildman–Crippen LogP) is 3.83. The van der Waals surface area contributed by atoms with Crippen LogP contribution in [0.3, 0.4) is 0 Å². The van der Waals surface area contributed by atoms with Crippen molar-refractivity contribution in [2.45, 2.75) is 45.6 Å². The molecule has 1 rings (SSSR count). The standard InChI is InChI=1S/C14H22FN/c1-4-11(5-2)10-14(3,16)12-8-6-7-9-13(12)15/h6-9,11H,4-5,10,16H2,1-3H3. The van der Waals surface area contributed by atoms with Gasteiger partial charge < -0.3 is 5.73 Å². The first kappa shape index (κ1) is 13.2. The van der Waals surface area contributed by atoms with Gasteiger partial charge >= 0.3 is 0 Å². The molecule has 2 N–H and O–H groups in total. The van der Waals surface area contributed by atoms with E-state index in [9.17, 15) is 4.39 Å². The van der Waals surface area contributed by atoms with Gasteiger partial charge in [0.25, 0.3) is 0 Å². The third-order valence-electron chi connectivity index (χ3n) is 3.36. The Balaban J connectivity index is 2.89. The van der Waals surface area contributed by atoms with Gasteiger partial charge in [0, 0.05) is 11.1 Å². The summed E-state index contributed by atoms with van der Waals surface area (Å²) in [5.74, 6) is 0.369. The van der Waals surface area contributed by atoms with Gasteiger partial charge in [-0.2, -0.15) is 0 Å². The summed E-state index contributed by atoms with van der Waals surface area (Å²) in [6.45, 7) is 6.24. The van der Waals surface area contributed by atoms with E-state index >= 15 is 0 Å². The highest BCUT2D eigenvalue weighted by molar-refractivity contribution is 5.25. The Morgan fingerprint density at radius 1 is 1.25 bits per heavy atom. The molecule has 0 fully saturated rings. The minimum absolute atomic E-state index is 0.196. The zero-order valence-corrected chi connectivity index (χ0v) is 10.5. The van der Waals surface area contributed by atoms with Crippen molar-refractivity contribution in [3.8, 4) is 0 Å². The summed E-state index contributed by atoms with van der Waals surface area (Å²) in [6.07, 6.45) is 3.02. The second kappa shape index (κ2) is 5.44. The molecule has 1 aromatic rings. The summed E-state index contributed by atoms with van der Waals surface area (Å²) < 4.78 is 13.7. The molecule has 0 heterocycles. The van der Waals surface area contributed by atoms with Gasteiger partial charge in [0.15, 0.2) is 0 Å². The average molecular weight is 223 g/mol. The van der Waals surface area contributed by atoms with Crippen LogP contribution in [0.2, 0.25) is 0 Å². The first-order valence-corrected chi connectivity index (χ1v) is 6.05. The maximum Gasteiger partial charge on any atom is 0.128 e. The lowest BCUT2D eigenvalue weighted by molar-refractivity contribution is 0.321. The summed E-state index contributed by atoms with van der Waals surface area (Å²) in [5.41, 5.74) is 6.31. The monoisotopic (exact) mass is 223 g/mol. The molecule has 0 spiro atoms. The van der Waals surface area contributed by atoms with Gasteiger partial charge in [0.2, 0.25) is 0 Å². The Hall–Kier alpha value is -0.890. The highest BCUT2D eigenvalue weighted by Gasteiger charge is 2.26. The molecule has 0 saturated heterocycles. The first-order chi connectivity index (χ1) is 7.51. The van der Waals surface area contributed by atoms with E-state index < -0.39 is 5.54 Å². The van der Waals surface area contributed by atoms with Crippen molar-refractivity contribution >= 4 is 0 Å². The van der Waals surface area contributed by atoms with Crippen molar-refractivity contribution in [3.63, 3.8) is 0 Å². The topological polar surface area (TPSA) is 26.0 Å². The number of hydrogen-bond donors (Lipinski definition) is 1.